The minimum Gasteiger partial charge on any atom is -0.496 e. The van der Waals surface area contributed by atoms with Crippen molar-refractivity contribution < 1.29 is 14.3 Å². The molecule has 6 nitrogen and oxygen atoms in total. The zero-order valence-corrected chi connectivity index (χ0v) is 12.1. The summed E-state index contributed by atoms with van der Waals surface area (Å²) < 4.78 is 10.4. The molecule has 0 bridgehead atoms. The van der Waals surface area contributed by atoms with E-state index in [1.807, 2.05) is 0 Å². The van der Waals surface area contributed by atoms with Crippen molar-refractivity contribution in [2.75, 3.05) is 25.3 Å². The molecule has 0 unspecified atom stereocenters. The average molecular weight is 287 g/mol. The minimum absolute atomic E-state index is 0.318. The predicted molar refractivity (Wildman–Crippen MR) is 80.9 cm³/mol. The first-order chi connectivity index (χ1) is 10.1. The molecular weight excluding hydrogens is 270 g/mol. The second-order valence-electron chi connectivity index (χ2n) is 4.36. The number of amides is 1. The summed E-state index contributed by atoms with van der Waals surface area (Å²) in [6, 6.07) is 8.47. The molecule has 0 saturated heterocycles. The molecule has 0 saturated carbocycles. The molecule has 110 valence electrons. The van der Waals surface area contributed by atoms with E-state index in [0.29, 0.717) is 34.3 Å². The van der Waals surface area contributed by atoms with Gasteiger partial charge in [0.2, 0.25) is 0 Å². The van der Waals surface area contributed by atoms with Crippen LogP contribution in [-0.2, 0) is 0 Å². The minimum atomic E-state index is -0.360. The molecule has 1 aromatic carbocycles. The van der Waals surface area contributed by atoms with Crippen molar-refractivity contribution in [3.8, 4) is 11.5 Å². The summed E-state index contributed by atoms with van der Waals surface area (Å²) in [5.41, 5.74) is 7.25. The molecule has 0 spiro atoms. The quantitative estimate of drug-likeness (QED) is 0.900. The van der Waals surface area contributed by atoms with Gasteiger partial charge in [0.15, 0.2) is 0 Å². The van der Waals surface area contributed by atoms with Crippen LogP contribution in [-0.4, -0.2) is 25.1 Å². The van der Waals surface area contributed by atoms with Crippen LogP contribution in [0.1, 0.15) is 16.1 Å². The van der Waals surface area contributed by atoms with Crippen LogP contribution in [0.15, 0.2) is 30.3 Å². The Morgan fingerprint density at radius 2 is 1.76 bits per heavy atom. The number of hydrogen-bond acceptors (Lipinski definition) is 5. The van der Waals surface area contributed by atoms with Crippen LogP contribution in [0.2, 0.25) is 0 Å². The SMILES string of the molecule is COc1cccc(OC)c1C(=O)Nc1ccc(N)c(C)n1. The summed E-state index contributed by atoms with van der Waals surface area (Å²) in [5, 5.41) is 2.71. The zero-order chi connectivity index (χ0) is 15.4. The number of anilines is 2. The molecule has 2 rings (SSSR count). The molecule has 0 atom stereocenters. The lowest BCUT2D eigenvalue weighted by Gasteiger charge is -2.13. The number of benzene rings is 1. The van der Waals surface area contributed by atoms with Gasteiger partial charge < -0.3 is 20.5 Å². The van der Waals surface area contributed by atoms with Gasteiger partial charge in [-0.3, -0.25) is 4.79 Å². The average Bonchev–Trinajstić information content (AvgIpc) is 2.49. The Balaban J connectivity index is 2.34. The second kappa shape index (κ2) is 6.13. The highest BCUT2D eigenvalue weighted by molar-refractivity contribution is 6.07. The lowest BCUT2D eigenvalue weighted by molar-refractivity contribution is 0.102. The molecule has 0 radical (unpaired) electrons. The normalized spacial score (nSPS) is 10.0. The number of pyridine rings is 1. The number of nitrogens with zero attached hydrogens (tertiary/aromatic N) is 1. The van der Waals surface area contributed by atoms with Crippen LogP contribution >= 0.6 is 0 Å². The molecule has 6 heteroatoms. The number of aryl methyl sites for hydroxylation is 1. The van der Waals surface area contributed by atoms with E-state index >= 15 is 0 Å². The van der Waals surface area contributed by atoms with Crippen LogP contribution in [0.25, 0.3) is 0 Å². The summed E-state index contributed by atoms with van der Waals surface area (Å²) in [5.74, 6) is 0.915. The number of hydrogen-bond donors (Lipinski definition) is 2. The van der Waals surface area contributed by atoms with Gasteiger partial charge in [0, 0.05) is 0 Å². The molecule has 1 heterocycles. The molecule has 2 aromatic rings. The lowest BCUT2D eigenvalue weighted by Crippen LogP contribution is -2.15. The Labute approximate surface area is 122 Å². The third-order valence-electron chi connectivity index (χ3n) is 3.02. The van der Waals surface area contributed by atoms with E-state index in [1.54, 1.807) is 37.3 Å². The summed E-state index contributed by atoms with van der Waals surface area (Å²) in [7, 11) is 2.99. The summed E-state index contributed by atoms with van der Waals surface area (Å²) in [4.78, 5) is 16.6. The fourth-order valence-corrected chi connectivity index (χ4v) is 1.90. The van der Waals surface area contributed by atoms with Gasteiger partial charge in [-0.1, -0.05) is 6.07 Å². The number of ether oxygens (including phenoxy) is 2. The van der Waals surface area contributed by atoms with E-state index in [4.69, 9.17) is 15.2 Å². The third-order valence-corrected chi connectivity index (χ3v) is 3.02. The first-order valence-electron chi connectivity index (χ1n) is 6.32. The van der Waals surface area contributed by atoms with Crippen molar-refractivity contribution in [3.05, 3.63) is 41.6 Å². The van der Waals surface area contributed by atoms with E-state index < -0.39 is 0 Å². The van der Waals surface area contributed by atoms with Crippen molar-refractivity contribution >= 4 is 17.4 Å². The second-order valence-corrected chi connectivity index (χ2v) is 4.36. The largest absolute Gasteiger partial charge is 0.496 e. The number of aromatic nitrogens is 1. The van der Waals surface area contributed by atoms with Crippen molar-refractivity contribution in [2.24, 2.45) is 0 Å². The maximum Gasteiger partial charge on any atom is 0.264 e. The van der Waals surface area contributed by atoms with Crippen LogP contribution in [0, 0.1) is 6.92 Å². The van der Waals surface area contributed by atoms with Crippen LogP contribution in [0.4, 0.5) is 11.5 Å². The molecule has 0 fully saturated rings. The molecule has 0 aliphatic heterocycles. The van der Waals surface area contributed by atoms with E-state index in [9.17, 15) is 4.79 Å². The van der Waals surface area contributed by atoms with Gasteiger partial charge in [0.1, 0.15) is 22.9 Å². The van der Waals surface area contributed by atoms with Crippen molar-refractivity contribution in [1.82, 2.24) is 4.98 Å². The summed E-state index contributed by atoms with van der Waals surface area (Å²) in [6.07, 6.45) is 0. The number of methoxy groups -OCH3 is 2. The maximum absolute atomic E-state index is 12.4. The Hall–Kier alpha value is -2.76. The van der Waals surface area contributed by atoms with Gasteiger partial charge in [-0.05, 0) is 31.2 Å². The smallest absolute Gasteiger partial charge is 0.264 e. The standard InChI is InChI=1S/C15H17N3O3/c1-9-10(16)7-8-13(17-9)18-15(19)14-11(20-2)5-4-6-12(14)21-3/h4-8H,16H2,1-3H3,(H,17,18,19). The number of nitrogen functional groups attached to an aromatic ring is 1. The number of carbonyl (C=O) groups is 1. The van der Waals surface area contributed by atoms with Crippen molar-refractivity contribution in [3.63, 3.8) is 0 Å². The fraction of sp³-hybridized carbons (Fsp3) is 0.200. The lowest BCUT2D eigenvalue weighted by atomic mass is 10.1. The first-order valence-corrected chi connectivity index (χ1v) is 6.32. The predicted octanol–water partition coefficient (Wildman–Crippen LogP) is 2.24. The van der Waals surface area contributed by atoms with Gasteiger partial charge in [-0.2, -0.15) is 0 Å². The first kappa shape index (κ1) is 14.6. The molecule has 1 aromatic heterocycles. The number of nitrogens with one attached hydrogen (secondary N) is 1. The van der Waals surface area contributed by atoms with Crippen molar-refractivity contribution in [1.29, 1.82) is 0 Å². The molecular formula is C15H17N3O3. The molecule has 21 heavy (non-hydrogen) atoms. The molecule has 0 aliphatic carbocycles. The molecule has 3 N–H and O–H groups in total. The van der Waals surface area contributed by atoms with Gasteiger partial charge in [0.25, 0.3) is 5.91 Å². The highest BCUT2D eigenvalue weighted by atomic mass is 16.5. The van der Waals surface area contributed by atoms with Crippen LogP contribution in [0.3, 0.4) is 0 Å². The van der Waals surface area contributed by atoms with Crippen LogP contribution < -0.4 is 20.5 Å². The van der Waals surface area contributed by atoms with Crippen LogP contribution in [0.5, 0.6) is 11.5 Å². The van der Waals surface area contributed by atoms with Gasteiger partial charge in [-0.15, -0.1) is 0 Å². The van der Waals surface area contributed by atoms with Gasteiger partial charge in [0.05, 0.1) is 25.6 Å². The Kier molecular flexibility index (Phi) is 4.27. The molecule has 1 amide bonds. The maximum atomic E-state index is 12.4. The highest BCUT2D eigenvalue weighted by Crippen LogP contribution is 2.29. The van der Waals surface area contributed by atoms with Gasteiger partial charge in [-0.25, -0.2) is 4.98 Å². The van der Waals surface area contributed by atoms with Crippen molar-refractivity contribution in [2.45, 2.75) is 6.92 Å². The highest BCUT2D eigenvalue weighted by Gasteiger charge is 2.18. The Morgan fingerprint density at radius 1 is 1.14 bits per heavy atom. The van der Waals surface area contributed by atoms with E-state index in [-0.39, 0.29) is 5.91 Å². The Bertz CT molecular complexity index is 649. The van der Waals surface area contributed by atoms with E-state index in [2.05, 4.69) is 10.3 Å². The third kappa shape index (κ3) is 3.05. The monoisotopic (exact) mass is 287 g/mol. The topological polar surface area (TPSA) is 86.5 Å². The number of rotatable bonds is 4. The summed E-state index contributed by atoms with van der Waals surface area (Å²) in [6.45, 7) is 1.77. The summed E-state index contributed by atoms with van der Waals surface area (Å²) >= 11 is 0. The van der Waals surface area contributed by atoms with E-state index in [0.717, 1.165) is 0 Å². The Morgan fingerprint density at radius 3 is 2.29 bits per heavy atom. The number of nitrogens with two attached hydrogens (primary N) is 1. The number of carbonyl (C=O) groups excluding carboxylic acids is 1. The van der Waals surface area contributed by atoms with E-state index in [1.165, 1.54) is 14.2 Å². The zero-order valence-electron chi connectivity index (χ0n) is 12.1. The fourth-order valence-electron chi connectivity index (χ4n) is 1.90. The molecule has 0 aliphatic rings. The van der Waals surface area contributed by atoms with Gasteiger partial charge >= 0.3 is 0 Å².